The maximum atomic E-state index is 11.4. The van der Waals surface area contributed by atoms with Crippen molar-refractivity contribution in [2.75, 3.05) is 33.7 Å². The monoisotopic (exact) mass is 396 g/mol. The molecule has 0 aromatic rings. The van der Waals surface area contributed by atoms with E-state index in [4.69, 9.17) is 0 Å². The third-order valence-electron chi connectivity index (χ3n) is 3.55. The van der Waals surface area contributed by atoms with Crippen LogP contribution in [0.25, 0.3) is 0 Å². The van der Waals surface area contributed by atoms with Crippen LogP contribution in [-0.4, -0.2) is 50.5 Å². The van der Waals surface area contributed by atoms with E-state index in [1.807, 2.05) is 7.05 Å². The van der Waals surface area contributed by atoms with Crippen molar-refractivity contribution in [3.63, 3.8) is 0 Å². The fourth-order valence-corrected chi connectivity index (χ4v) is 2.34. The van der Waals surface area contributed by atoms with Gasteiger partial charge in [-0.25, -0.2) is 0 Å². The number of nitrogens with zero attached hydrogens (tertiary/aromatic N) is 2. The molecule has 0 bridgehead atoms. The maximum Gasteiger partial charge on any atom is 0.220 e. The lowest BCUT2D eigenvalue weighted by molar-refractivity contribution is -0.121. The molecule has 0 aliphatic carbocycles. The SMILES string of the molecule is CN=C(NCC(C)C)N1CCC(CC(=O)NC)CC1.I. The minimum absolute atomic E-state index is 0. The molecule has 0 atom stereocenters. The number of nitrogens with one attached hydrogen (secondary N) is 2. The predicted molar refractivity (Wildman–Crippen MR) is 94.6 cm³/mol. The third kappa shape index (κ3) is 6.76. The molecule has 5 nitrogen and oxygen atoms in total. The van der Waals surface area contributed by atoms with Gasteiger partial charge in [-0.1, -0.05) is 13.8 Å². The van der Waals surface area contributed by atoms with E-state index < -0.39 is 0 Å². The lowest BCUT2D eigenvalue weighted by Gasteiger charge is -2.34. The van der Waals surface area contributed by atoms with Crippen LogP contribution in [0.2, 0.25) is 0 Å². The molecule has 0 unspecified atom stereocenters. The van der Waals surface area contributed by atoms with Crippen LogP contribution in [-0.2, 0) is 4.79 Å². The van der Waals surface area contributed by atoms with E-state index >= 15 is 0 Å². The standard InChI is InChI=1S/C14H28N4O.HI/c1-11(2)10-17-14(16-4)18-7-5-12(6-8-18)9-13(19)15-3;/h11-12H,5-10H2,1-4H3,(H,15,19)(H,16,17);1H. The first kappa shape index (κ1) is 19.5. The van der Waals surface area contributed by atoms with Crippen molar-refractivity contribution in [1.29, 1.82) is 0 Å². The van der Waals surface area contributed by atoms with E-state index in [0.717, 1.165) is 38.4 Å². The molecule has 1 aliphatic heterocycles. The Morgan fingerprint density at radius 3 is 2.40 bits per heavy atom. The van der Waals surface area contributed by atoms with Gasteiger partial charge in [0.2, 0.25) is 5.91 Å². The first-order chi connectivity index (χ1) is 9.06. The lowest BCUT2D eigenvalue weighted by Crippen LogP contribution is -2.46. The second-order valence-corrected chi connectivity index (χ2v) is 5.63. The van der Waals surface area contributed by atoms with Crippen molar-refractivity contribution >= 4 is 35.8 Å². The zero-order chi connectivity index (χ0) is 14.3. The number of likely N-dealkylation sites (tertiary alicyclic amines) is 1. The van der Waals surface area contributed by atoms with E-state index in [0.29, 0.717) is 18.3 Å². The van der Waals surface area contributed by atoms with Crippen LogP contribution in [0.5, 0.6) is 0 Å². The summed E-state index contributed by atoms with van der Waals surface area (Å²) in [5, 5.41) is 6.10. The van der Waals surface area contributed by atoms with E-state index in [1.165, 1.54) is 0 Å². The summed E-state index contributed by atoms with van der Waals surface area (Å²) in [5.41, 5.74) is 0. The number of hydrogen-bond donors (Lipinski definition) is 2. The Balaban J connectivity index is 0.00000361. The fraction of sp³-hybridized carbons (Fsp3) is 0.857. The second kappa shape index (κ2) is 10.2. The fourth-order valence-electron chi connectivity index (χ4n) is 2.34. The van der Waals surface area contributed by atoms with Gasteiger partial charge in [0.25, 0.3) is 0 Å². The average molecular weight is 396 g/mol. The number of rotatable bonds is 4. The number of piperidine rings is 1. The van der Waals surface area contributed by atoms with Gasteiger partial charge in [0.15, 0.2) is 5.96 Å². The quantitative estimate of drug-likeness (QED) is 0.432. The number of hydrogen-bond acceptors (Lipinski definition) is 2. The van der Waals surface area contributed by atoms with Gasteiger partial charge in [0, 0.05) is 40.2 Å². The van der Waals surface area contributed by atoms with Crippen LogP contribution >= 0.6 is 24.0 Å². The first-order valence-electron chi connectivity index (χ1n) is 7.23. The molecule has 118 valence electrons. The van der Waals surface area contributed by atoms with Gasteiger partial charge in [-0.3, -0.25) is 9.79 Å². The summed E-state index contributed by atoms with van der Waals surface area (Å²) in [6.45, 7) is 7.30. The van der Waals surface area contributed by atoms with Crippen LogP contribution < -0.4 is 10.6 Å². The number of amides is 1. The highest BCUT2D eigenvalue weighted by molar-refractivity contribution is 14.0. The molecular weight excluding hydrogens is 367 g/mol. The van der Waals surface area contributed by atoms with E-state index in [-0.39, 0.29) is 29.9 Å². The number of halogens is 1. The van der Waals surface area contributed by atoms with Crippen LogP contribution in [0.3, 0.4) is 0 Å². The first-order valence-corrected chi connectivity index (χ1v) is 7.23. The summed E-state index contributed by atoms with van der Waals surface area (Å²) in [7, 11) is 3.54. The molecule has 6 heteroatoms. The molecule has 0 aromatic carbocycles. The van der Waals surface area contributed by atoms with Gasteiger partial charge < -0.3 is 15.5 Å². The molecule has 2 N–H and O–H groups in total. The van der Waals surface area contributed by atoms with Crippen molar-refractivity contribution in [3.8, 4) is 0 Å². The Morgan fingerprint density at radius 2 is 1.95 bits per heavy atom. The molecule has 1 rings (SSSR count). The van der Waals surface area contributed by atoms with Crippen molar-refractivity contribution in [3.05, 3.63) is 0 Å². The highest BCUT2D eigenvalue weighted by atomic mass is 127. The summed E-state index contributed by atoms with van der Waals surface area (Å²) in [5.74, 6) is 2.27. The Bertz CT molecular complexity index is 312. The normalized spacial score (nSPS) is 16.9. The Morgan fingerprint density at radius 1 is 1.35 bits per heavy atom. The van der Waals surface area contributed by atoms with Gasteiger partial charge in [-0.2, -0.15) is 0 Å². The summed E-state index contributed by atoms with van der Waals surface area (Å²) in [6, 6.07) is 0. The number of guanidine groups is 1. The Labute approximate surface area is 140 Å². The van der Waals surface area contributed by atoms with Gasteiger partial charge >= 0.3 is 0 Å². The van der Waals surface area contributed by atoms with E-state index in [2.05, 4.69) is 34.4 Å². The third-order valence-corrected chi connectivity index (χ3v) is 3.55. The smallest absolute Gasteiger partial charge is 0.220 e. The van der Waals surface area contributed by atoms with E-state index in [9.17, 15) is 4.79 Å². The molecule has 1 fully saturated rings. The van der Waals surface area contributed by atoms with Gasteiger partial charge in [-0.15, -0.1) is 24.0 Å². The molecule has 20 heavy (non-hydrogen) atoms. The van der Waals surface area contributed by atoms with Crippen molar-refractivity contribution in [2.24, 2.45) is 16.8 Å². The minimum Gasteiger partial charge on any atom is -0.359 e. The highest BCUT2D eigenvalue weighted by Crippen LogP contribution is 2.20. The molecule has 0 aromatic heterocycles. The van der Waals surface area contributed by atoms with Crippen molar-refractivity contribution in [2.45, 2.75) is 33.1 Å². The van der Waals surface area contributed by atoms with Crippen LogP contribution in [0.15, 0.2) is 4.99 Å². The second-order valence-electron chi connectivity index (χ2n) is 5.63. The van der Waals surface area contributed by atoms with Gasteiger partial charge in [-0.05, 0) is 24.7 Å². The summed E-state index contributed by atoms with van der Waals surface area (Å²) >= 11 is 0. The van der Waals surface area contributed by atoms with E-state index in [1.54, 1.807) is 7.05 Å². The minimum atomic E-state index is 0. The molecule has 0 saturated carbocycles. The molecule has 1 aliphatic rings. The average Bonchev–Trinajstić information content (AvgIpc) is 2.40. The lowest BCUT2D eigenvalue weighted by atomic mass is 9.93. The number of carbonyl (C=O) groups is 1. The Hall–Kier alpha value is -0.530. The largest absolute Gasteiger partial charge is 0.359 e. The molecule has 1 saturated heterocycles. The zero-order valence-corrected chi connectivity index (χ0v) is 15.4. The highest BCUT2D eigenvalue weighted by Gasteiger charge is 2.22. The van der Waals surface area contributed by atoms with Crippen molar-refractivity contribution < 1.29 is 4.79 Å². The molecular formula is C14H29IN4O. The number of aliphatic imine (C=N–C) groups is 1. The molecule has 0 spiro atoms. The van der Waals surface area contributed by atoms with Gasteiger partial charge in [0.05, 0.1) is 0 Å². The summed E-state index contributed by atoms with van der Waals surface area (Å²) in [4.78, 5) is 18.0. The Kier molecular flexibility index (Phi) is 9.96. The summed E-state index contributed by atoms with van der Waals surface area (Å²) < 4.78 is 0. The van der Waals surface area contributed by atoms with Crippen LogP contribution in [0.4, 0.5) is 0 Å². The zero-order valence-electron chi connectivity index (χ0n) is 13.1. The van der Waals surface area contributed by atoms with Crippen LogP contribution in [0, 0.1) is 11.8 Å². The number of carbonyl (C=O) groups excluding carboxylic acids is 1. The molecule has 1 amide bonds. The van der Waals surface area contributed by atoms with Gasteiger partial charge in [0.1, 0.15) is 0 Å². The molecule has 1 heterocycles. The van der Waals surface area contributed by atoms with Crippen LogP contribution in [0.1, 0.15) is 33.1 Å². The maximum absolute atomic E-state index is 11.4. The topological polar surface area (TPSA) is 56.7 Å². The predicted octanol–water partition coefficient (Wildman–Crippen LogP) is 1.68. The molecule has 0 radical (unpaired) electrons. The summed E-state index contributed by atoms with van der Waals surface area (Å²) in [6.07, 6.45) is 2.79. The van der Waals surface area contributed by atoms with Crippen molar-refractivity contribution in [1.82, 2.24) is 15.5 Å².